The summed E-state index contributed by atoms with van der Waals surface area (Å²) < 4.78 is 1.98. The summed E-state index contributed by atoms with van der Waals surface area (Å²) in [4.78, 5) is 6.25. The fraction of sp³-hybridized carbons (Fsp3) is 0.667. The number of aliphatic hydroxyl groups is 1. The first kappa shape index (κ1) is 10.2. The minimum Gasteiger partial charge on any atom is -0.392 e. The Bertz CT molecular complexity index is 257. The lowest BCUT2D eigenvalue weighted by Crippen LogP contribution is -2.27. The summed E-state index contributed by atoms with van der Waals surface area (Å²) in [5, 5.41) is 9.15. The molecule has 1 aromatic heterocycles. The highest BCUT2D eigenvalue weighted by atomic mass is 16.3. The van der Waals surface area contributed by atoms with Gasteiger partial charge in [-0.2, -0.15) is 0 Å². The van der Waals surface area contributed by atoms with Gasteiger partial charge in [0.05, 0.1) is 12.6 Å². The molecule has 0 aromatic carbocycles. The van der Waals surface area contributed by atoms with E-state index >= 15 is 0 Å². The summed E-state index contributed by atoms with van der Waals surface area (Å²) in [5.74, 6) is 1.02. The lowest BCUT2D eigenvalue weighted by molar-refractivity contribution is 0.136. The molecule has 1 aromatic rings. The van der Waals surface area contributed by atoms with Crippen molar-refractivity contribution in [3.05, 3.63) is 18.2 Å². The number of rotatable bonds is 4. The number of hydrogen-bond acceptors (Lipinski definition) is 3. The quantitative estimate of drug-likeness (QED) is 0.726. The maximum absolute atomic E-state index is 9.15. The van der Waals surface area contributed by atoms with E-state index in [-0.39, 0.29) is 6.10 Å². The molecule has 0 amide bonds. The van der Waals surface area contributed by atoms with Gasteiger partial charge in [0.1, 0.15) is 5.82 Å². The van der Waals surface area contributed by atoms with Crippen LogP contribution in [0.25, 0.3) is 0 Å². The molecule has 4 heteroatoms. The standard InChI is InChI=1S/C9H17N3O/c1-8(13)6-11(2)7-9-10-4-5-12(9)3/h4-5,8,13H,6-7H2,1-3H3/t8-/m1/s1. The maximum atomic E-state index is 9.15. The maximum Gasteiger partial charge on any atom is 0.122 e. The smallest absolute Gasteiger partial charge is 0.122 e. The van der Waals surface area contributed by atoms with Crippen LogP contribution in [-0.2, 0) is 13.6 Å². The largest absolute Gasteiger partial charge is 0.392 e. The van der Waals surface area contributed by atoms with Gasteiger partial charge in [-0.05, 0) is 14.0 Å². The van der Waals surface area contributed by atoms with Crippen molar-refractivity contribution < 1.29 is 5.11 Å². The zero-order valence-corrected chi connectivity index (χ0v) is 8.44. The minimum absolute atomic E-state index is 0.287. The minimum atomic E-state index is -0.287. The van der Waals surface area contributed by atoms with Crippen LogP contribution in [0, 0.1) is 0 Å². The van der Waals surface area contributed by atoms with E-state index in [0.29, 0.717) is 6.54 Å². The summed E-state index contributed by atoms with van der Waals surface area (Å²) in [5.41, 5.74) is 0. The first-order valence-corrected chi connectivity index (χ1v) is 4.42. The highest BCUT2D eigenvalue weighted by Gasteiger charge is 2.06. The fourth-order valence-electron chi connectivity index (χ4n) is 1.31. The Morgan fingerprint density at radius 2 is 2.38 bits per heavy atom. The molecule has 1 N–H and O–H groups in total. The Labute approximate surface area is 78.8 Å². The van der Waals surface area contributed by atoms with Crippen LogP contribution in [0.2, 0.25) is 0 Å². The van der Waals surface area contributed by atoms with Gasteiger partial charge in [-0.1, -0.05) is 0 Å². The SMILES string of the molecule is C[C@@H](O)CN(C)Cc1nccn1C. The average molecular weight is 183 g/mol. The molecule has 0 bridgehead atoms. The van der Waals surface area contributed by atoms with Gasteiger partial charge in [-0.25, -0.2) is 4.98 Å². The predicted octanol–water partition coefficient (Wildman–Crippen LogP) is 0.233. The molecule has 1 rings (SSSR count). The van der Waals surface area contributed by atoms with Crippen LogP contribution in [0.4, 0.5) is 0 Å². The number of likely N-dealkylation sites (N-methyl/N-ethyl adjacent to an activating group) is 1. The Kier molecular flexibility index (Phi) is 3.45. The van der Waals surface area contributed by atoms with Crippen molar-refractivity contribution in [3.63, 3.8) is 0 Å². The number of aromatic nitrogens is 2. The van der Waals surface area contributed by atoms with Crippen molar-refractivity contribution in [2.24, 2.45) is 7.05 Å². The first-order chi connectivity index (χ1) is 6.09. The molecule has 0 aliphatic rings. The van der Waals surface area contributed by atoms with Gasteiger partial charge < -0.3 is 9.67 Å². The number of hydrogen-bond donors (Lipinski definition) is 1. The summed E-state index contributed by atoms with van der Waals surface area (Å²) in [6.45, 7) is 3.23. The monoisotopic (exact) mass is 183 g/mol. The van der Waals surface area contributed by atoms with Crippen LogP contribution in [0.15, 0.2) is 12.4 Å². The van der Waals surface area contributed by atoms with E-state index in [1.165, 1.54) is 0 Å². The molecule has 0 aliphatic heterocycles. The van der Waals surface area contributed by atoms with Crippen molar-refractivity contribution >= 4 is 0 Å². The van der Waals surface area contributed by atoms with Gasteiger partial charge in [0.2, 0.25) is 0 Å². The summed E-state index contributed by atoms with van der Waals surface area (Å²) in [6.07, 6.45) is 3.42. The highest BCUT2D eigenvalue weighted by Crippen LogP contribution is 1.99. The normalized spacial score (nSPS) is 13.6. The van der Waals surface area contributed by atoms with Gasteiger partial charge in [0.15, 0.2) is 0 Å². The van der Waals surface area contributed by atoms with E-state index in [0.717, 1.165) is 12.4 Å². The van der Waals surface area contributed by atoms with Crippen molar-refractivity contribution in [3.8, 4) is 0 Å². The molecule has 1 heterocycles. The van der Waals surface area contributed by atoms with Gasteiger partial charge >= 0.3 is 0 Å². The molecular formula is C9H17N3O. The molecule has 0 aliphatic carbocycles. The van der Waals surface area contributed by atoms with E-state index in [2.05, 4.69) is 4.98 Å². The van der Waals surface area contributed by atoms with Gasteiger partial charge in [-0.3, -0.25) is 4.90 Å². The third-order valence-corrected chi connectivity index (χ3v) is 1.91. The van der Waals surface area contributed by atoms with Gasteiger partial charge in [0.25, 0.3) is 0 Å². The van der Waals surface area contributed by atoms with E-state index in [9.17, 15) is 0 Å². The summed E-state index contributed by atoms with van der Waals surface area (Å²) in [6, 6.07) is 0. The van der Waals surface area contributed by atoms with Crippen molar-refractivity contribution in [2.45, 2.75) is 19.6 Å². The summed E-state index contributed by atoms with van der Waals surface area (Å²) in [7, 11) is 3.94. The Hall–Kier alpha value is -0.870. The third-order valence-electron chi connectivity index (χ3n) is 1.91. The Balaban J connectivity index is 2.45. The number of imidazole rings is 1. The Morgan fingerprint density at radius 1 is 1.69 bits per heavy atom. The van der Waals surface area contributed by atoms with Crippen LogP contribution >= 0.6 is 0 Å². The van der Waals surface area contributed by atoms with Gasteiger partial charge in [-0.15, -0.1) is 0 Å². The third kappa shape index (κ3) is 3.16. The van der Waals surface area contributed by atoms with E-state index < -0.39 is 0 Å². The van der Waals surface area contributed by atoms with Gasteiger partial charge in [0, 0.05) is 26.0 Å². The van der Waals surface area contributed by atoms with Crippen LogP contribution in [0.3, 0.4) is 0 Å². The zero-order chi connectivity index (χ0) is 9.84. The number of aliphatic hydroxyl groups excluding tert-OH is 1. The summed E-state index contributed by atoms with van der Waals surface area (Å²) >= 11 is 0. The zero-order valence-electron chi connectivity index (χ0n) is 8.44. The van der Waals surface area contributed by atoms with E-state index in [4.69, 9.17) is 5.11 Å². The Morgan fingerprint density at radius 3 is 2.85 bits per heavy atom. The highest BCUT2D eigenvalue weighted by molar-refractivity contribution is 4.90. The number of nitrogens with zero attached hydrogens (tertiary/aromatic N) is 3. The van der Waals surface area contributed by atoms with Crippen LogP contribution in [-0.4, -0.2) is 39.3 Å². The average Bonchev–Trinajstić information content (AvgIpc) is 2.34. The van der Waals surface area contributed by atoms with Crippen molar-refractivity contribution in [1.82, 2.24) is 14.5 Å². The molecule has 4 nitrogen and oxygen atoms in total. The first-order valence-electron chi connectivity index (χ1n) is 4.42. The van der Waals surface area contributed by atoms with Crippen molar-refractivity contribution in [1.29, 1.82) is 0 Å². The molecule has 0 saturated heterocycles. The second-order valence-electron chi connectivity index (χ2n) is 3.50. The molecule has 1 atom stereocenters. The molecule has 0 unspecified atom stereocenters. The number of aryl methyl sites for hydroxylation is 1. The molecule has 13 heavy (non-hydrogen) atoms. The molecule has 0 saturated carbocycles. The second kappa shape index (κ2) is 4.39. The van der Waals surface area contributed by atoms with Crippen molar-refractivity contribution in [2.75, 3.05) is 13.6 Å². The lowest BCUT2D eigenvalue weighted by Gasteiger charge is -2.17. The van der Waals surface area contributed by atoms with Crippen LogP contribution in [0.1, 0.15) is 12.7 Å². The molecule has 0 radical (unpaired) electrons. The molecular weight excluding hydrogens is 166 g/mol. The van der Waals surface area contributed by atoms with E-state index in [1.807, 2.05) is 29.8 Å². The lowest BCUT2D eigenvalue weighted by atomic mass is 10.3. The second-order valence-corrected chi connectivity index (χ2v) is 3.50. The topological polar surface area (TPSA) is 41.3 Å². The fourth-order valence-corrected chi connectivity index (χ4v) is 1.31. The van der Waals surface area contributed by atoms with Crippen LogP contribution < -0.4 is 0 Å². The molecule has 0 spiro atoms. The van der Waals surface area contributed by atoms with Crippen LogP contribution in [0.5, 0.6) is 0 Å². The molecule has 74 valence electrons. The molecule has 0 fully saturated rings. The predicted molar refractivity (Wildman–Crippen MR) is 51.2 cm³/mol. The van der Waals surface area contributed by atoms with E-state index in [1.54, 1.807) is 13.1 Å².